The van der Waals surface area contributed by atoms with Crippen LogP contribution in [0.3, 0.4) is 0 Å². The normalized spacial score (nSPS) is 13.1. The molecule has 0 aliphatic carbocycles. The number of esters is 1. The summed E-state index contributed by atoms with van der Waals surface area (Å²) in [5.41, 5.74) is 0. The molecule has 1 atom stereocenters. The van der Waals surface area contributed by atoms with E-state index in [1.165, 1.54) is 32.1 Å². The lowest BCUT2D eigenvalue weighted by Gasteiger charge is -2.15. The van der Waals surface area contributed by atoms with Gasteiger partial charge in [-0.1, -0.05) is 75.5 Å². The third-order valence-electron chi connectivity index (χ3n) is 4.28. The van der Waals surface area contributed by atoms with E-state index in [9.17, 15) is 4.79 Å². The minimum absolute atomic E-state index is 0.210. The van der Waals surface area contributed by atoms with Crippen LogP contribution in [0, 0.1) is 0 Å². The molecule has 27 heavy (non-hydrogen) atoms. The zero-order valence-corrected chi connectivity index (χ0v) is 18.0. The van der Waals surface area contributed by atoms with E-state index < -0.39 is 0 Å². The average Bonchev–Trinajstić information content (AvgIpc) is 2.67. The summed E-state index contributed by atoms with van der Waals surface area (Å²) in [4.78, 5) is 11.8. The summed E-state index contributed by atoms with van der Waals surface area (Å²) >= 11 is 0. The number of unbranched alkanes of at least 4 members (excludes halogenated alkanes) is 6. The third kappa shape index (κ3) is 17.8. The van der Waals surface area contributed by atoms with Crippen molar-refractivity contribution in [1.82, 2.24) is 0 Å². The van der Waals surface area contributed by atoms with Crippen molar-refractivity contribution in [3.8, 4) is 0 Å². The quantitative estimate of drug-likeness (QED) is 0.147. The Morgan fingerprint density at radius 2 is 1.33 bits per heavy atom. The van der Waals surface area contributed by atoms with Gasteiger partial charge >= 0.3 is 5.97 Å². The van der Waals surface area contributed by atoms with Crippen LogP contribution in [0.1, 0.15) is 91.4 Å². The van der Waals surface area contributed by atoms with Crippen LogP contribution in [0.15, 0.2) is 36.5 Å². The van der Waals surface area contributed by atoms with Crippen LogP contribution < -0.4 is 0 Å². The summed E-state index contributed by atoms with van der Waals surface area (Å²) in [6, 6.07) is 0. The van der Waals surface area contributed by atoms with Crippen LogP contribution in [-0.2, 0) is 14.3 Å². The zero-order chi connectivity index (χ0) is 20.0. The summed E-state index contributed by atoms with van der Waals surface area (Å²) in [5, 5.41) is 0. The van der Waals surface area contributed by atoms with E-state index in [-0.39, 0.29) is 12.1 Å². The Hall–Kier alpha value is -1.35. The molecular weight excluding hydrogens is 336 g/mol. The number of rotatable bonds is 18. The highest BCUT2D eigenvalue weighted by Crippen LogP contribution is 2.12. The minimum atomic E-state index is -0.378. The van der Waals surface area contributed by atoms with Gasteiger partial charge in [-0.25, -0.2) is 4.79 Å². The van der Waals surface area contributed by atoms with Crippen LogP contribution in [0.2, 0.25) is 0 Å². The SMILES string of the molecule is CC/C=C\C/C=C\C/C=C\CCCCCCCCC(OCC)C(=O)OCC. The topological polar surface area (TPSA) is 35.5 Å². The Morgan fingerprint density at radius 1 is 0.741 bits per heavy atom. The predicted octanol–water partition coefficient (Wildman–Crippen LogP) is 6.93. The van der Waals surface area contributed by atoms with Crippen molar-refractivity contribution in [3.63, 3.8) is 0 Å². The van der Waals surface area contributed by atoms with E-state index in [1.54, 1.807) is 0 Å². The predicted molar refractivity (Wildman–Crippen MR) is 116 cm³/mol. The van der Waals surface area contributed by atoms with Crippen LogP contribution >= 0.6 is 0 Å². The van der Waals surface area contributed by atoms with Gasteiger partial charge in [-0.3, -0.25) is 0 Å². The third-order valence-corrected chi connectivity index (χ3v) is 4.28. The van der Waals surface area contributed by atoms with Crippen LogP contribution in [0.25, 0.3) is 0 Å². The fourth-order valence-corrected chi connectivity index (χ4v) is 2.83. The second kappa shape index (κ2) is 21.0. The summed E-state index contributed by atoms with van der Waals surface area (Å²) in [7, 11) is 0. The van der Waals surface area contributed by atoms with Crippen molar-refractivity contribution in [2.24, 2.45) is 0 Å². The van der Waals surface area contributed by atoms with Crippen molar-refractivity contribution in [2.75, 3.05) is 13.2 Å². The molecule has 0 radical (unpaired) electrons. The maximum atomic E-state index is 11.8. The second-order valence-electron chi connectivity index (χ2n) is 6.69. The van der Waals surface area contributed by atoms with Crippen molar-refractivity contribution in [3.05, 3.63) is 36.5 Å². The molecular formula is C24H42O3. The Balaban J connectivity index is 3.51. The van der Waals surface area contributed by atoms with Crippen molar-refractivity contribution >= 4 is 5.97 Å². The van der Waals surface area contributed by atoms with Gasteiger partial charge in [0.25, 0.3) is 0 Å². The molecule has 3 nitrogen and oxygen atoms in total. The average molecular weight is 379 g/mol. The van der Waals surface area contributed by atoms with E-state index in [4.69, 9.17) is 9.47 Å². The Morgan fingerprint density at radius 3 is 1.96 bits per heavy atom. The summed E-state index contributed by atoms with van der Waals surface area (Å²) < 4.78 is 10.5. The molecule has 0 N–H and O–H groups in total. The number of ether oxygens (including phenoxy) is 2. The smallest absolute Gasteiger partial charge is 0.335 e. The lowest BCUT2D eigenvalue weighted by molar-refractivity contribution is -0.156. The van der Waals surface area contributed by atoms with E-state index in [1.807, 2.05) is 13.8 Å². The summed E-state index contributed by atoms with van der Waals surface area (Å²) in [5.74, 6) is -0.210. The fraction of sp³-hybridized carbons (Fsp3) is 0.708. The van der Waals surface area contributed by atoms with E-state index in [0.717, 1.165) is 38.5 Å². The van der Waals surface area contributed by atoms with Crippen LogP contribution in [0.4, 0.5) is 0 Å². The molecule has 0 spiro atoms. The largest absolute Gasteiger partial charge is 0.464 e. The molecule has 0 aromatic heterocycles. The highest BCUT2D eigenvalue weighted by Gasteiger charge is 2.18. The van der Waals surface area contributed by atoms with Gasteiger partial charge in [-0.05, 0) is 52.4 Å². The van der Waals surface area contributed by atoms with E-state index >= 15 is 0 Å². The molecule has 0 rings (SSSR count). The Kier molecular flexibility index (Phi) is 19.9. The fourth-order valence-electron chi connectivity index (χ4n) is 2.83. The van der Waals surface area contributed by atoms with Crippen molar-refractivity contribution in [1.29, 1.82) is 0 Å². The first-order valence-electron chi connectivity index (χ1n) is 11.0. The van der Waals surface area contributed by atoms with E-state index in [0.29, 0.717) is 13.2 Å². The number of allylic oxidation sites excluding steroid dienone is 6. The number of carbonyl (C=O) groups is 1. The Bertz CT molecular complexity index is 410. The van der Waals surface area contributed by atoms with Gasteiger partial charge in [0.2, 0.25) is 0 Å². The highest BCUT2D eigenvalue weighted by molar-refractivity contribution is 5.74. The molecule has 0 heterocycles. The molecule has 0 fully saturated rings. The lowest BCUT2D eigenvalue weighted by Crippen LogP contribution is -2.26. The molecule has 0 bridgehead atoms. The molecule has 0 aromatic rings. The van der Waals surface area contributed by atoms with E-state index in [2.05, 4.69) is 43.4 Å². The maximum Gasteiger partial charge on any atom is 0.335 e. The van der Waals surface area contributed by atoms with Gasteiger partial charge in [-0.15, -0.1) is 0 Å². The summed E-state index contributed by atoms with van der Waals surface area (Å²) in [6.07, 6.45) is 25.5. The molecule has 0 aliphatic heterocycles. The van der Waals surface area contributed by atoms with Crippen LogP contribution in [-0.4, -0.2) is 25.3 Å². The van der Waals surface area contributed by atoms with Gasteiger partial charge in [0.05, 0.1) is 6.61 Å². The monoisotopic (exact) mass is 378 g/mol. The minimum Gasteiger partial charge on any atom is -0.464 e. The highest BCUT2D eigenvalue weighted by atomic mass is 16.6. The molecule has 0 aromatic carbocycles. The molecule has 0 saturated heterocycles. The van der Waals surface area contributed by atoms with Gasteiger partial charge in [0.1, 0.15) is 0 Å². The first-order valence-corrected chi connectivity index (χ1v) is 11.0. The number of hydrogen-bond donors (Lipinski definition) is 0. The van der Waals surface area contributed by atoms with Gasteiger partial charge in [-0.2, -0.15) is 0 Å². The number of carbonyl (C=O) groups excluding carboxylic acids is 1. The molecule has 3 heteroatoms. The van der Waals surface area contributed by atoms with Gasteiger partial charge in [0, 0.05) is 6.61 Å². The molecule has 0 amide bonds. The molecule has 156 valence electrons. The zero-order valence-electron chi connectivity index (χ0n) is 18.0. The maximum absolute atomic E-state index is 11.8. The first-order chi connectivity index (χ1) is 13.3. The van der Waals surface area contributed by atoms with Crippen molar-refractivity contribution in [2.45, 2.75) is 97.5 Å². The summed E-state index contributed by atoms with van der Waals surface area (Å²) in [6.45, 7) is 6.89. The van der Waals surface area contributed by atoms with Gasteiger partial charge in [0.15, 0.2) is 6.10 Å². The first kappa shape index (κ1) is 25.6. The van der Waals surface area contributed by atoms with Gasteiger partial charge < -0.3 is 9.47 Å². The lowest BCUT2D eigenvalue weighted by atomic mass is 10.1. The molecule has 0 aliphatic rings. The number of hydrogen-bond acceptors (Lipinski definition) is 3. The van der Waals surface area contributed by atoms with Crippen molar-refractivity contribution < 1.29 is 14.3 Å². The molecule has 0 saturated carbocycles. The Labute approximate surface area is 167 Å². The standard InChI is InChI=1S/C24H42O3/c1-4-7-8-9-10-11-12-13-14-15-16-17-18-19-20-21-22-23(26-5-2)24(25)27-6-3/h7-8,10-11,13-14,23H,4-6,9,12,15-22H2,1-3H3/b8-7-,11-10-,14-13-. The van der Waals surface area contributed by atoms with Crippen LogP contribution in [0.5, 0.6) is 0 Å². The second-order valence-corrected chi connectivity index (χ2v) is 6.69. The molecule has 1 unspecified atom stereocenters.